The third-order valence-electron chi connectivity index (χ3n) is 7.01. The second-order valence-corrected chi connectivity index (χ2v) is 12.5. The van der Waals surface area contributed by atoms with Crippen LogP contribution >= 0.6 is 46.3 Å². The van der Waals surface area contributed by atoms with E-state index in [1.54, 1.807) is 24.3 Å². The number of thiazole rings is 1. The second-order valence-electron chi connectivity index (χ2n) is 9.60. The standard InChI is InChI=1S/C29H21Cl2N3O4S2/c1-15-7-10-18(11-8-15)34-26(36)23-22(16-5-3-2-4-6-16)25-28(39-24(23)27(34)37)33(29(38)40-25)14-21(35)32-17-9-12-19(30)20(31)13-17/h2-13,22-24H,14H2,1H3,(H,32,35)/t22-,23?,24?/m1/s1. The lowest BCUT2D eigenvalue weighted by Gasteiger charge is -2.30. The van der Waals surface area contributed by atoms with Crippen LogP contribution in [0.1, 0.15) is 21.9 Å². The lowest BCUT2D eigenvalue weighted by molar-refractivity contribution is -0.122. The molecule has 7 nitrogen and oxygen atoms in total. The molecule has 11 heteroatoms. The molecule has 2 aliphatic rings. The molecule has 4 aromatic rings. The van der Waals surface area contributed by atoms with E-state index in [0.717, 1.165) is 22.5 Å². The number of rotatable bonds is 5. The highest BCUT2D eigenvalue weighted by atomic mass is 35.5. The minimum atomic E-state index is -0.745. The Balaban J connectivity index is 1.39. The van der Waals surface area contributed by atoms with Crippen molar-refractivity contribution in [3.63, 3.8) is 0 Å². The first-order chi connectivity index (χ1) is 19.2. The second kappa shape index (κ2) is 10.6. The van der Waals surface area contributed by atoms with Gasteiger partial charge in [-0.25, -0.2) is 4.90 Å². The predicted octanol–water partition coefficient (Wildman–Crippen LogP) is 5.96. The molecule has 3 amide bonds. The van der Waals surface area contributed by atoms with Gasteiger partial charge < -0.3 is 5.32 Å². The van der Waals surface area contributed by atoms with Crippen LogP contribution in [0, 0.1) is 12.8 Å². The van der Waals surface area contributed by atoms with Gasteiger partial charge in [0, 0.05) is 16.5 Å². The Morgan fingerprint density at radius 2 is 1.65 bits per heavy atom. The van der Waals surface area contributed by atoms with Crippen molar-refractivity contribution in [2.24, 2.45) is 5.92 Å². The van der Waals surface area contributed by atoms with Gasteiger partial charge in [-0.2, -0.15) is 0 Å². The minimum Gasteiger partial charge on any atom is -0.324 e. The molecule has 2 aliphatic heterocycles. The van der Waals surface area contributed by atoms with E-state index < -0.39 is 23.0 Å². The molecule has 0 spiro atoms. The zero-order valence-corrected chi connectivity index (χ0v) is 24.1. The number of aromatic nitrogens is 1. The Morgan fingerprint density at radius 3 is 2.35 bits per heavy atom. The van der Waals surface area contributed by atoms with Crippen LogP contribution in [0.3, 0.4) is 0 Å². The van der Waals surface area contributed by atoms with E-state index in [4.69, 9.17) is 23.2 Å². The molecular weight excluding hydrogens is 589 g/mol. The Kier molecular flexibility index (Phi) is 7.08. The summed E-state index contributed by atoms with van der Waals surface area (Å²) in [6.45, 7) is 1.67. The summed E-state index contributed by atoms with van der Waals surface area (Å²) in [6, 6.07) is 21.4. The molecule has 1 saturated heterocycles. The number of thioether (sulfide) groups is 1. The Labute approximate surface area is 247 Å². The number of carbonyl (C=O) groups is 3. The fourth-order valence-electron chi connectivity index (χ4n) is 5.14. The third-order valence-corrected chi connectivity index (χ3v) is 10.3. The van der Waals surface area contributed by atoms with Crippen LogP contribution in [-0.4, -0.2) is 27.5 Å². The number of aryl methyl sites for hydroxylation is 1. The van der Waals surface area contributed by atoms with Crippen LogP contribution in [-0.2, 0) is 20.9 Å². The normalized spacial score (nSPS) is 19.9. The van der Waals surface area contributed by atoms with Crippen molar-refractivity contribution in [3.8, 4) is 0 Å². The fraction of sp³-hybridized carbons (Fsp3) is 0.172. The summed E-state index contributed by atoms with van der Waals surface area (Å²) in [7, 11) is 0. The van der Waals surface area contributed by atoms with E-state index >= 15 is 0 Å². The Bertz CT molecular complexity index is 1720. The van der Waals surface area contributed by atoms with E-state index in [9.17, 15) is 19.2 Å². The quantitative estimate of drug-likeness (QED) is 0.282. The predicted molar refractivity (Wildman–Crippen MR) is 159 cm³/mol. The first-order valence-corrected chi connectivity index (χ1v) is 14.8. The molecule has 0 saturated carbocycles. The number of benzene rings is 3. The van der Waals surface area contributed by atoms with Gasteiger partial charge in [0.05, 0.1) is 26.7 Å². The average Bonchev–Trinajstić information content (AvgIpc) is 3.38. The summed E-state index contributed by atoms with van der Waals surface area (Å²) < 4.78 is 1.38. The first kappa shape index (κ1) is 26.8. The van der Waals surface area contributed by atoms with E-state index in [0.29, 0.717) is 31.3 Å². The molecule has 0 bridgehead atoms. The highest BCUT2D eigenvalue weighted by molar-refractivity contribution is 8.00. The van der Waals surface area contributed by atoms with Crippen molar-refractivity contribution in [2.45, 2.75) is 29.7 Å². The molecule has 40 heavy (non-hydrogen) atoms. The van der Waals surface area contributed by atoms with E-state index in [2.05, 4.69) is 5.32 Å². The van der Waals surface area contributed by atoms with Crippen molar-refractivity contribution in [1.82, 2.24) is 4.57 Å². The van der Waals surface area contributed by atoms with Crippen molar-refractivity contribution in [2.75, 3.05) is 10.2 Å². The largest absolute Gasteiger partial charge is 0.324 e. The maximum atomic E-state index is 13.9. The zero-order chi connectivity index (χ0) is 28.1. The SMILES string of the molecule is Cc1ccc(N2C(=O)C3Sc4c(sc(=O)n4CC(=O)Nc4ccc(Cl)c(Cl)c4)[C@H](c4ccccc4)C3C2=O)cc1. The summed E-state index contributed by atoms with van der Waals surface area (Å²) in [5.74, 6) is -2.26. The number of carbonyl (C=O) groups excluding carboxylic acids is 3. The van der Waals surface area contributed by atoms with Crippen LogP contribution in [0.15, 0.2) is 82.6 Å². The Hall–Kier alpha value is -3.37. The smallest absolute Gasteiger partial charge is 0.308 e. The number of nitrogens with zero attached hydrogens (tertiary/aromatic N) is 2. The van der Waals surface area contributed by atoms with E-state index in [1.807, 2.05) is 49.4 Å². The van der Waals surface area contributed by atoms with Crippen LogP contribution in [0.2, 0.25) is 10.0 Å². The molecule has 0 radical (unpaired) electrons. The molecule has 1 fully saturated rings. The van der Waals surface area contributed by atoms with Crippen LogP contribution < -0.4 is 15.1 Å². The molecule has 6 rings (SSSR count). The lowest BCUT2D eigenvalue weighted by atomic mass is 9.83. The number of nitrogens with one attached hydrogen (secondary N) is 1. The molecule has 1 N–H and O–H groups in total. The van der Waals surface area contributed by atoms with Gasteiger partial charge in [0.2, 0.25) is 17.7 Å². The van der Waals surface area contributed by atoms with Gasteiger partial charge in [-0.3, -0.25) is 23.7 Å². The van der Waals surface area contributed by atoms with Gasteiger partial charge in [-0.1, -0.05) is 94.3 Å². The topological polar surface area (TPSA) is 88.5 Å². The van der Waals surface area contributed by atoms with Gasteiger partial charge in [0.1, 0.15) is 11.8 Å². The lowest BCUT2D eigenvalue weighted by Crippen LogP contribution is -2.33. The number of halogens is 2. The molecular formula is C29H21Cl2N3O4S2. The first-order valence-electron chi connectivity index (χ1n) is 12.4. The summed E-state index contributed by atoms with van der Waals surface area (Å²) in [5, 5.41) is 3.18. The summed E-state index contributed by atoms with van der Waals surface area (Å²) in [6.07, 6.45) is 0. The van der Waals surface area contributed by atoms with Gasteiger partial charge >= 0.3 is 4.87 Å². The zero-order valence-electron chi connectivity index (χ0n) is 21.0. The molecule has 3 aromatic carbocycles. The number of fused-ring (bicyclic) bond motifs is 2. The highest BCUT2D eigenvalue weighted by Gasteiger charge is 2.56. The number of hydrogen-bond donors (Lipinski definition) is 1. The molecule has 3 atom stereocenters. The van der Waals surface area contributed by atoms with Crippen LogP contribution in [0.4, 0.5) is 11.4 Å². The van der Waals surface area contributed by atoms with Crippen molar-refractivity contribution in [1.29, 1.82) is 0 Å². The molecule has 2 unspecified atom stereocenters. The maximum absolute atomic E-state index is 13.9. The maximum Gasteiger partial charge on any atom is 0.308 e. The van der Waals surface area contributed by atoms with Crippen LogP contribution in [0.5, 0.6) is 0 Å². The van der Waals surface area contributed by atoms with Crippen LogP contribution in [0.25, 0.3) is 0 Å². The number of hydrogen-bond acceptors (Lipinski definition) is 6. The van der Waals surface area contributed by atoms with E-state index in [-0.39, 0.29) is 23.2 Å². The summed E-state index contributed by atoms with van der Waals surface area (Å²) >= 11 is 14.2. The van der Waals surface area contributed by atoms with Gasteiger partial charge in [-0.05, 0) is 42.8 Å². The molecule has 1 aromatic heterocycles. The van der Waals surface area contributed by atoms with Crippen molar-refractivity contribution >= 4 is 75.4 Å². The molecule has 3 heterocycles. The van der Waals surface area contributed by atoms with Gasteiger partial charge in [-0.15, -0.1) is 0 Å². The van der Waals surface area contributed by atoms with Gasteiger partial charge in [0.15, 0.2) is 0 Å². The number of amides is 3. The Morgan fingerprint density at radius 1 is 0.925 bits per heavy atom. The number of anilines is 2. The highest BCUT2D eigenvalue weighted by Crippen LogP contribution is 2.53. The third kappa shape index (κ3) is 4.66. The summed E-state index contributed by atoms with van der Waals surface area (Å²) in [4.78, 5) is 55.5. The summed E-state index contributed by atoms with van der Waals surface area (Å²) in [5.41, 5.74) is 2.81. The molecule has 202 valence electrons. The minimum absolute atomic E-state index is 0.263. The molecule has 0 aliphatic carbocycles. The number of imide groups is 1. The monoisotopic (exact) mass is 609 g/mol. The fourth-order valence-corrected chi connectivity index (χ4v) is 8.21. The van der Waals surface area contributed by atoms with Gasteiger partial charge in [0.25, 0.3) is 0 Å². The van der Waals surface area contributed by atoms with E-state index in [1.165, 1.54) is 27.3 Å². The van der Waals surface area contributed by atoms with Crippen molar-refractivity contribution < 1.29 is 14.4 Å². The average molecular weight is 611 g/mol. The van der Waals surface area contributed by atoms with Crippen molar-refractivity contribution in [3.05, 3.63) is 109 Å².